The van der Waals surface area contributed by atoms with Crippen molar-refractivity contribution < 1.29 is 0 Å². The number of halogens is 1. The molecule has 0 amide bonds. The molecule has 1 heterocycles. The van der Waals surface area contributed by atoms with Gasteiger partial charge in [0.2, 0.25) is 0 Å². The highest BCUT2D eigenvalue weighted by Gasteiger charge is 2.19. The molecule has 3 nitrogen and oxygen atoms in total. The van der Waals surface area contributed by atoms with Crippen molar-refractivity contribution in [2.45, 2.75) is 27.2 Å². The molecular formula is C7H14IN3. The lowest BCUT2D eigenvalue weighted by atomic mass is 10.0. The van der Waals surface area contributed by atoms with Gasteiger partial charge in [0.15, 0.2) is 0 Å². The molecule has 1 rings (SSSR count). The van der Waals surface area contributed by atoms with E-state index in [1.807, 2.05) is 3.22 Å². The van der Waals surface area contributed by atoms with E-state index in [2.05, 4.69) is 54.6 Å². The van der Waals surface area contributed by atoms with Crippen molar-refractivity contribution in [1.82, 2.24) is 14.2 Å². The molecule has 2 N–H and O–H groups in total. The second-order valence-corrected chi connectivity index (χ2v) is 3.79. The van der Waals surface area contributed by atoms with E-state index >= 15 is 0 Å². The SMILES string of the molecule is CCC(C)C1=C(C)N(I)NN1. The monoisotopic (exact) mass is 267 g/mol. The quantitative estimate of drug-likeness (QED) is 0.591. The number of rotatable bonds is 2. The van der Waals surface area contributed by atoms with Crippen molar-refractivity contribution in [3.63, 3.8) is 0 Å². The summed E-state index contributed by atoms with van der Waals surface area (Å²) in [5.41, 5.74) is 8.77. The number of nitrogens with zero attached hydrogens (tertiary/aromatic N) is 1. The maximum Gasteiger partial charge on any atom is 0.0780 e. The Bertz CT molecular complexity index is 179. The van der Waals surface area contributed by atoms with Gasteiger partial charge in [-0.15, -0.1) is 5.53 Å². The van der Waals surface area contributed by atoms with E-state index in [4.69, 9.17) is 0 Å². The summed E-state index contributed by atoms with van der Waals surface area (Å²) >= 11 is 2.22. The van der Waals surface area contributed by atoms with Gasteiger partial charge < -0.3 is 5.43 Å². The van der Waals surface area contributed by atoms with Crippen LogP contribution in [-0.2, 0) is 0 Å². The minimum absolute atomic E-state index is 0.613. The zero-order chi connectivity index (χ0) is 8.43. The normalized spacial score (nSPS) is 20.5. The van der Waals surface area contributed by atoms with Gasteiger partial charge in [-0.05, 0) is 19.3 Å². The van der Waals surface area contributed by atoms with Crippen molar-refractivity contribution in [2.24, 2.45) is 5.92 Å². The number of allylic oxidation sites excluding steroid dienone is 2. The van der Waals surface area contributed by atoms with Crippen LogP contribution in [0.15, 0.2) is 11.4 Å². The highest BCUT2D eigenvalue weighted by atomic mass is 127. The third kappa shape index (κ3) is 1.79. The van der Waals surface area contributed by atoms with Gasteiger partial charge in [-0.1, -0.05) is 13.8 Å². The van der Waals surface area contributed by atoms with E-state index in [0.717, 1.165) is 0 Å². The van der Waals surface area contributed by atoms with E-state index < -0.39 is 0 Å². The van der Waals surface area contributed by atoms with Gasteiger partial charge in [0.05, 0.1) is 34.3 Å². The van der Waals surface area contributed by atoms with E-state index in [9.17, 15) is 0 Å². The summed E-state index contributed by atoms with van der Waals surface area (Å²) in [5.74, 6) is 0.613. The predicted molar refractivity (Wildman–Crippen MR) is 54.3 cm³/mol. The van der Waals surface area contributed by atoms with Crippen LogP contribution in [0.5, 0.6) is 0 Å². The highest BCUT2D eigenvalue weighted by Crippen LogP contribution is 2.22. The fraction of sp³-hybridized carbons (Fsp3) is 0.714. The second kappa shape index (κ2) is 3.62. The Kier molecular flexibility index (Phi) is 3.00. The molecule has 1 atom stereocenters. The minimum Gasteiger partial charge on any atom is -0.305 e. The van der Waals surface area contributed by atoms with Gasteiger partial charge in [0.1, 0.15) is 0 Å². The molecule has 0 aromatic heterocycles. The number of hydrogen-bond acceptors (Lipinski definition) is 3. The molecule has 0 saturated heterocycles. The Labute approximate surface area is 81.7 Å². The second-order valence-electron chi connectivity index (χ2n) is 2.83. The Morgan fingerprint density at radius 2 is 2.27 bits per heavy atom. The van der Waals surface area contributed by atoms with Crippen molar-refractivity contribution in [1.29, 1.82) is 0 Å². The lowest BCUT2D eigenvalue weighted by molar-refractivity contribution is 0.446. The van der Waals surface area contributed by atoms with Crippen LogP contribution in [0.1, 0.15) is 27.2 Å². The van der Waals surface area contributed by atoms with Gasteiger partial charge in [-0.3, -0.25) is 0 Å². The zero-order valence-corrected chi connectivity index (χ0v) is 9.27. The smallest absolute Gasteiger partial charge is 0.0780 e. The minimum atomic E-state index is 0.613. The van der Waals surface area contributed by atoms with E-state index in [0.29, 0.717) is 5.92 Å². The number of hydrazine groups is 2. The van der Waals surface area contributed by atoms with Gasteiger partial charge in [-0.2, -0.15) is 0 Å². The summed E-state index contributed by atoms with van der Waals surface area (Å²) in [6, 6.07) is 0. The van der Waals surface area contributed by atoms with Crippen molar-refractivity contribution in [3.05, 3.63) is 11.4 Å². The summed E-state index contributed by atoms with van der Waals surface area (Å²) in [5, 5.41) is 0. The van der Waals surface area contributed by atoms with Crippen molar-refractivity contribution in [2.75, 3.05) is 0 Å². The largest absolute Gasteiger partial charge is 0.305 e. The molecule has 0 saturated carbocycles. The molecule has 1 aliphatic rings. The standard InChI is InChI=1S/C7H14IN3/c1-4-5(2)7-6(3)11(8)10-9-7/h5,9-10H,4H2,1-3H3. The Morgan fingerprint density at radius 3 is 2.64 bits per heavy atom. The fourth-order valence-electron chi connectivity index (χ4n) is 1.07. The molecule has 0 radical (unpaired) electrons. The molecule has 0 aliphatic carbocycles. The van der Waals surface area contributed by atoms with Crippen LogP contribution in [0, 0.1) is 5.92 Å². The molecular weight excluding hydrogens is 253 g/mol. The molecule has 11 heavy (non-hydrogen) atoms. The molecule has 1 aliphatic heterocycles. The first-order valence-electron chi connectivity index (χ1n) is 3.85. The Balaban J connectivity index is 2.71. The molecule has 1 unspecified atom stereocenters. The molecule has 0 bridgehead atoms. The summed E-state index contributed by atoms with van der Waals surface area (Å²) in [6.45, 7) is 6.53. The lowest BCUT2D eigenvalue weighted by Crippen LogP contribution is -2.31. The van der Waals surface area contributed by atoms with E-state index in [1.54, 1.807) is 0 Å². The fourth-order valence-corrected chi connectivity index (χ4v) is 1.45. The topological polar surface area (TPSA) is 27.3 Å². The van der Waals surface area contributed by atoms with E-state index in [1.165, 1.54) is 17.8 Å². The van der Waals surface area contributed by atoms with Gasteiger partial charge >= 0.3 is 0 Å². The summed E-state index contributed by atoms with van der Waals surface area (Å²) in [4.78, 5) is 0. The third-order valence-corrected chi connectivity index (χ3v) is 3.04. The van der Waals surface area contributed by atoms with Crippen molar-refractivity contribution >= 4 is 22.9 Å². The predicted octanol–water partition coefficient (Wildman–Crippen LogP) is 1.94. The van der Waals surface area contributed by atoms with Crippen LogP contribution >= 0.6 is 22.9 Å². The average molecular weight is 267 g/mol. The average Bonchev–Trinajstić information content (AvgIpc) is 2.32. The van der Waals surface area contributed by atoms with Gasteiger partial charge in [0, 0.05) is 0 Å². The van der Waals surface area contributed by atoms with Crippen LogP contribution in [0.25, 0.3) is 0 Å². The van der Waals surface area contributed by atoms with Crippen LogP contribution in [-0.4, -0.2) is 3.22 Å². The van der Waals surface area contributed by atoms with Crippen LogP contribution < -0.4 is 11.0 Å². The summed E-state index contributed by atoms with van der Waals surface area (Å²) in [7, 11) is 0. The first-order valence-corrected chi connectivity index (χ1v) is 4.81. The molecule has 64 valence electrons. The first kappa shape index (κ1) is 9.12. The van der Waals surface area contributed by atoms with Crippen LogP contribution in [0.2, 0.25) is 0 Å². The van der Waals surface area contributed by atoms with Gasteiger partial charge in [-0.25, -0.2) is 3.22 Å². The molecule has 0 spiro atoms. The third-order valence-electron chi connectivity index (χ3n) is 2.08. The molecule has 0 aromatic rings. The zero-order valence-electron chi connectivity index (χ0n) is 7.11. The number of hydrogen-bond donors (Lipinski definition) is 2. The summed E-state index contributed by atoms with van der Waals surface area (Å²) in [6.07, 6.45) is 1.17. The Morgan fingerprint density at radius 1 is 1.64 bits per heavy atom. The Hall–Kier alpha value is 0.0300. The molecule has 0 aromatic carbocycles. The molecule has 0 fully saturated rings. The first-order chi connectivity index (χ1) is 5.16. The molecule has 4 heteroatoms. The van der Waals surface area contributed by atoms with Crippen LogP contribution in [0.4, 0.5) is 0 Å². The lowest BCUT2D eigenvalue weighted by Gasteiger charge is -2.09. The summed E-state index contributed by atoms with van der Waals surface area (Å²) < 4.78 is 1.97. The van der Waals surface area contributed by atoms with E-state index in [-0.39, 0.29) is 0 Å². The maximum absolute atomic E-state index is 3.15. The maximum atomic E-state index is 3.15. The van der Waals surface area contributed by atoms with Gasteiger partial charge in [0.25, 0.3) is 0 Å². The highest BCUT2D eigenvalue weighted by molar-refractivity contribution is 14.1. The number of nitrogens with one attached hydrogen (secondary N) is 2. The van der Waals surface area contributed by atoms with Crippen LogP contribution in [0.3, 0.4) is 0 Å². The van der Waals surface area contributed by atoms with Crippen molar-refractivity contribution in [3.8, 4) is 0 Å².